The lowest BCUT2D eigenvalue weighted by Crippen LogP contribution is -2.24. The smallest absolute Gasteiger partial charge is 0.0959 e. The minimum absolute atomic E-state index is 0.322. The average Bonchev–Trinajstić information content (AvgIpc) is 2.27. The van der Waals surface area contributed by atoms with E-state index in [1.807, 2.05) is 6.07 Å². The number of hydrogen-bond donors (Lipinski definition) is 2. The number of aliphatic hydroxyl groups is 1. The Labute approximate surface area is 87.8 Å². The number of pyridine rings is 2. The number of fused-ring (bicyclic) bond motifs is 1. The van der Waals surface area contributed by atoms with E-state index in [4.69, 9.17) is 5.73 Å². The first-order valence-corrected chi connectivity index (χ1v) is 4.81. The second-order valence-corrected chi connectivity index (χ2v) is 3.63. The molecule has 2 rings (SSSR count). The molecule has 0 bridgehead atoms. The van der Waals surface area contributed by atoms with Gasteiger partial charge in [-0.15, -0.1) is 0 Å². The minimum atomic E-state index is -0.703. The summed E-state index contributed by atoms with van der Waals surface area (Å²) in [4.78, 5) is 8.11. The standard InChI is InChI=1S/C11H13N3O/c1-7(12)11(15)10-6-14-4-8-2-3-13-5-9(8)10/h2-7,11,15H,12H2,1H3. The molecule has 0 fully saturated rings. The van der Waals surface area contributed by atoms with Crippen LogP contribution in [0.1, 0.15) is 18.6 Å². The van der Waals surface area contributed by atoms with Crippen LogP contribution in [0.3, 0.4) is 0 Å². The first-order chi connectivity index (χ1) is 7.20. The Hall–Kier alpha value is -1.52. The van der Waals surface area contributed by atoms with Crippen LogP contribution in [0.5, 0.6) is 0 Å². The number of nitrogens with two attached hydrogens (primary N) is 1. The predicted octanol–water partition coefficient (Wildman–Crippen LogP) is 1.01. The summed E-state index contributed by atoms with van der Waals surface area (Å²) < 4.78 is 0. The van der Waals surface area contributed by atoms with Gasteiger partial charge in [-0.25, -0.2) is 0 Å². The van der Waals surface area contributed by atoms with Gasteiger partial charge in [0.05, 0.1) is 6.10 Å². The molecular weight excluding hydrogens is 190 g/mol. The van der Waals surface area contributed by atoms with Gasteiger partial charge in [0, 0.05) is 47.2 Å². The number of hydrogen-bond acceptors (Lipinski definition) is 4. The fourth-order valence-corrected chi connectivity index (χ4v) is 1.55. The predicted molar refractivity (Wildman–Crippen MR) is 58.1 cm³/mol. The molecule has 0 aliphatic carbocycles. The summed E-state index contributed by atoms with van der Waals surface area (Å²) in [7, 11) is 0. The number of nitrogens with zero attached hydrogens (tertiary/aromatic N) is 2. The van der Waals surface area contributed by atoms with Crippen molar-refractivity contribution in [3.05, 3.63) is 36.4 Å². The Kier molecular flexibility index (Phi) is 2.62. The molecule has 0 saturated carbocycles. The molecular formula is C11H13N3O. The van der Waals surface area contributed by atoms with E-state index >= 15 is 0 Å². The highest BCUT2D eigenvalue weighted by molar-refractivity contribution is 5.84. The van der Waals surface area contributed by atoms with Gasteiger partial charge in [0.1, 0.15) is 0 Å². The van der Waals surface area contributed by atoms with Crippen molar-refractivity contribution < 1.29 is 5.11 Å². The summed E-state index contributed by atoms with van der Waals surface area (Å²) in [5.74, 6) is 0. The van der Waals surface area contributed by atoms with Gasteiger partial charge in [-0.3, -0.25) is 9.97 Å². The van der Waals surface area contributed by atoms with E-state index in [2.05, 4.69) is 9.97 Å². The molecule has 78 valence electrons. The monoisotopic (exact) mass is 203 g/mol. The highest BCUT2D eigenvalue weighted by Gasteiger charge is 2.15. The Morgan fingerprint density at radius 3 is 2.80 bits per heavy atom. The van der Waals surface area contributed by atoms with E-state index < -0.39 is 6.10 Å². The maximum atomic E-state index is 9.90. The van der Waals surface area contributed by atoms with E-state index in [0.717, 1.165) is 16.3 Å². The SMILES string of the molecule is CC(N)C(O)c1cncc2ccncc12. The maximum Gasteiger partial charge on any atom is 0.0959 e. The lowest BCUT2D eigenvalue weighted by molar-refractivity contribution is 0.154. The third-order valence-corrected chi connectivity index (χ3v) is 2.41. The van der Waals surface area contributed by atoms with Gasteiger partial charge in [0.2, 0.25) is 0 Å². The van der Waals surface area contributed by atoms with Crippen LogP contribution in [-0.4, -0.2) is 21.1 Å². The van der Waals surface area contributed by atoms with Gasteiger partial charge in [-0.2, -0.15) is 0 Å². The molecule has 0 spiro atoms. The zero-order valence-corrected chi connectivity index (χ0v) is 8.46. The molecule has 4 heteroatoms. The van der Waals surface area contributed by atoms with Crippen molar-refractivity contribution >= 4 is 10.8 Å². The molecule has 0 saturated heterocycles. The first-order valence-electron chi connectivity index (χ1n) is 4.81. The van der Waals surface area contributed by atoms with E-state index in [-0.39, 0.29) is 6.04 Å². The molecule has 2 aromatic heterocycles. The Morgan fingerprint density at radius 2 is 2.07 bits per heavy atom. The second kappa shape index (κ2) is 3.92. The topological polar surface area (TPSA) is 72.0 Å². The van der Waals surface area contributed by atoms with Crippen molar-refractivity contribution in [3.63, 3.8) is 0 Å². The molecule has 0 aliphatic rings. The molecule has 0 aromatic carbocycles. The molecule has 4 nitrogen and oxygen atoms in total. The summed E-state index contributed by atoms with van der Waals surface area (Å²) in [6.45, 7) is 1.76. The Morgan fingerprint density at radius 1 is 1.27 bits per heavy atom. The summed E-state index contributed by atoms with van der Waals surface area (Å²) in [6, 6.07) is 1.54. The van der Waals surface area contributed by atoms with Crippen molar-refractivity contribution in [1.82, 2.24) is 9.97 Å². The third-order valence-electron chi connectivity index (χ3n) is 2.41. The summed E-state index contributed by atoms with van der Waals surface area (Å²) in [5.41, 5.74) is 6.39. The normalized spacial score (nSPS) is 15.1. The summed E-state index contributed by atoms with van der Waals surface area (Å²) in [6.07, 6.45) is 6.10. The van der Waals surface area contributed by atoms with Crippen molar-refractivity contribution in [2.24, 2.45) is 5.73 Å². The van der Waals surface area contributed by atoms with Crippen molar-refractivity contribution in [1.29, 1.82) is 0 Å². The highest BCUT2D eigenvalue weighted by atomic mass is 16.3. The zero-order chi connectivity index (χ0) is 10.8. The zero-order valence-electron chi connectivity index (χ0n) is 8.46. The third kappa shape index (κ3) is 1.82. The van der Waals surface area contributed by atoms with Crippen LogP contribution < -0.4 is 5.73 Å². The van der Waals surface area contributed by atoms with Crippen molar-refractivity contribution in [2.75, 3.05) is 0 Å². The van der Waals surface area contributed by atoms with Gasteiger partial charge in [-0.1, -0.05) is 0 Å². The largest absolute Gasteiger partial charge is 0.387 e. The first kappa shape index (κ1) is 10.0. The molecule has 0 radical (unpaired) electrons. The molecule has 2 unspecified atom stereocenters. The van der Waals surface area contributed by atoms with Gasteiger partial charge < -0.3 is 10.8 Å². The van der Waals surface area contributed by atoms with Crippen LogP contribution in [0.15, 0.2) is 30.9 Å². The number of rotatable bonds is 2. The van der Waals surface area contributed by atoms with Crippen LogP contribution in [0.2, 0.25) is 0 Å². The van der Waals surface area contributed by atoms with E-state index in [0.29, 0.717) is 0 Å². The van der Waals surface area contributed by atoms with E-state index in [9.17, 15) is 5.11 Å². The van der Waals surface area contributed by atoms with Crippen LogP contribution in [0, 0.1) is 0 Å². The maximum absolute atomic E-state index is 9.90. The summed E-state index contributed by atoms with van der Waals surface area (Å²) in [5, 5.41) is 11.8. The lowest BCUT2D eigenvalue weighted by Gasteiger charge is -2.16. The van der Waals surface area contributed by atoms with Crippen molar-refractivity contribution in [3.8, 4) is 0 Å². The molecule has 2 heterocycles. The fraction of sp³-hybridized carbons (Fsp3) is 0.273. The summed E-state index contributed by atoms with van der Waals surface area (Å²) >= 11 is 0. The van der Waals surface area contributed by atoms with E-state index in [1.165, 1.54) is 0 Å². The van der Waals surface area contributed by atoms with Gasteiger partial charge in [-0.05, 0) is 13.0 Å². The molecule has 15 heavy (non-hydrogen) atoms. The van der Waals surface area contributed by atoms with Crippen molar-refractivity contribution in [2.45, 2.75) is 19.1 Å². The average molecular weight is 203 g/mol. The van der Waals surface area contributed by atoms with Gasteiger partial charge >= 0.3 is 0 Å². The molecule has 2 atom stereocenters. The Balaban J connectivity index is 2.60. The van der Waals surface area contributed by atoms with Crippen LogP contribution in [-0.2, 0) is 0 Å². The minimum Gasteiger partial charge on any atom is -0.387 e. The van der Waals surface area contributed by atoms with E-state index in [1.54, 1.807) is 31.7 Å². The molecule has 0 amide bonds. The van der Waals surface area contributed by atoms with Gasteiger partial charge in [0.25, 0.3) is 0 Å². The van der Waals surface area contributed by atoms with Crippen LogP contribution in [0.25, 0.3) is 10.8 Å². The lowest BCUT2D eigenvalue weighted by atomic mass is 10.0. The quantitative estimate of drug-likeness (QED) is 0.764. The molecule has 2 aromatic rings. The van der Waals surface area contributed by atoms with Gasteiger partial charge in [0.15, 0.2) is 0 Å². The van der Waals surface area contributed by atoms with Crippen LogP contribution in [0.4, 0.5) is 0 Å². The van der Waals surface area contributed by atoms with Crippen LogP contribution >= 0.6 is 0 Å². The number of aromatic nitrogens is 2. The molecule has 0 aliphatic heterocycles. The second-order valence-electron chi connectivity index (χ2n) is 3.63. The molecule has 3 N–H and O–H groups in total. The Bertz CT molecular complexity index is 465. The fourth-order valence-electron chi connectivity index (χ4n) is 1.55. The number of aliphatic hydroxyl groups excluding tert-OH is 1. The highest BCUT2D eigenvalue weighted by Crippen LogP contribution is 2.23.